The fourth-order valence-electron chi connectivity index (χ4n) is 2.59. The van der Waals surface area contributed by atoms with Crippen molar-refractivity contribution >= 4 is 22.6 Å². The first-order valence-corrected chi connectivity index (χ1v) is 7.18. The lowest BCUT2D eigenvalue weighted by Crippen LogP contribution is -2.18. The summed E-state index contributed by atoms with van der Waals surface area (Å²) in [6.45, 7) is 0.345. The molecule has 1 aromatic heterocycles. The molecule has 1 fully saturated rings. The minimum Gasteiger partial charge on any atom is -0.396 e. The second-order valence-corrected chi connectivity index (χ2v) is 5.92. The lowest BCUT2D eigenvalue weighted by Gasteiger charge is -2.28. The maximum absolute atomic E-state index is 8.81. The fourth-order valence-corrected chi connectivity index (χ4v) is 3.00. The summed E-state index contributed by atoms with van der Waals surface area (Å²) in [5.74, 6) is 0.832. The van der Waals surface area contributed by atoms with Gasteiger partial charge in [0.05, 0.1) is 15.8 Å². The number of halogens is 1. The van der Waals surface area contributed by atoms with E-state index in [1.807, 2.05) is 6.20 Å². The zero-order chi connectivity index (χ0) is 11.4. The summed E-state index contributed by atoms with van der Waals surface area (Å²) in [5.41, 5.74) is 0. The highest BCUT2D eigenvalue weighted by molar-refractivity contribution is 14.1. The second-order valence-electron chi connectivity index (χ2n) is 4.68. The molecule has 0 radical (unpaired) electrons. The van der Waals surface area contributed by atoms with Crippen LogP contribution in [0.25, 0.3) is 0 Å². The number of aromatic nitrogens is 2. The van der Waals surface area contributed by atoms with Crippen molar-refractivity contribution in [3.8, 4) is 0 Å². The molecular formula is C12H19IN2O. The van der Waals surface area contributed by atoms with E-state index in [0.717, 1.165) is 12.3 Å². The van der Waals surface area contributed by atoms with E-state index in [-0.39, 0.29) is 0 Å². The molecule has 0 atom stereocenters. The molecule has 2 rings (SSSR count). The summed E-state index contributed by atoms with van der Waals surface area (Å²) >= 11 is 2.31. The van der Waals surface area contributed by atoms with Crippen LogP contribution in [0.15, 0.2) is 12.4 Å². The van der Waals surface area contributed by atoms with Gasteiger partial charge < -0.3 is 5.11 Å². The Morgan fingerprint density at radius 2 is 2.12 bits per heavy atom. The number of nitrogens with zero attached hydrogens (tertiary/aromatic N) is 2. The van der Waals surface area contributed by atoms with Gasteiger partial charge in [-0.1, -0.05) is 0 Å². The fraction of sp³-hybridized carbons (Fsp3) is 0.750. The van der Waals surface area contributed by atoms with Crippen molar-refractivity contribution in [1.82, 2.24) is 9.78 Å². The Balaban J connectivity index is 1.81. The van der Waals surface area contributed by atoms with Crippen molar-refractivity contribution in [3.63, 3.8) is 0 Å². The molecule has 0 bridgehead atoms. The maximum atomic E-state index is 8.81. The Morgan fingerprint density at radius 1 is 1.38 bits per heavy atom. The van der Waals surface area contributed by atoms with E-state index >= 15 is 0 Å². The molecule has 3 nitrogen and oxygen atoms in total. The van der Waals surface area contributed by atoms with E-state index in [2.05, 4.69) is 38.6 Å². The van der Waals surface area contributed by atoms with Crippen LogP contribution in [0, 0.1) is 9.49 Å². The first-order chi connectivity index (χ1) is 7.79. The monoisotopic (exact) mass is 334 g/mol. The van der Waals surface area contributed by atoms with Crippen LogP contribution in [0.3, 0.4) is 0 Å². The van der Waals surface area contributed by atoms with Crippen LogP contribution < -0.4 is 0 Å². The Kier molecular flexibility index (Phi) is 4.64. The summed E-state index contributed by atoms with van der Waals surface area (Å²) in [6.07, 6.45) is 11.3. The summed E-state index contributed by atoms with van der Waals surface area (Å²) in [7, 11) is 0. The number of rotatable bonds is 4. The zero-order valence-corrected chi connectivity index (χ0v) is 11.6. The van der Waals surface area contributed by atoms with E-state index < -0.39 is 0 Å². The van der Waals surface area contributed by atoms with Crippen LogP contribution >= 0.6 is 22.6 Å². The van der Waals surface area contributed by atoms with Gasteiger partial charge in [0.25, 0.3) is 0 Å². The molecular weight excluding hydrogens is 315 g/mol. The molecule has 1 saturated carbocycles. The number of hydrogen-bond acceptors (Lipinski definition) is 2. The van der Waals surface area contributed by atoms with Crippen LogP contribution in [0.5, 0.6) is 0 Å². The lowest BCUT2D eigenvalue weighted by molar-refractivity contribution is 0.223. The van der Waals surface area contributed by atoms with E-state index in [9.17, 15) is 0 Å². The molecule has 0 spiro atoms. The lowest BCUT2D eigenvalue weighted by atomic mass is 9.83. The van der Waals surface area contributed by atoms with Gasteiger partial charge >= 0.3 is 0 Å². The number of aliphatic hydroxyl groups is 1. The van der Waals surface area contributed by atoms with Gasteiger partial charge in [-0.05, 0) is 67.0 Å². The normalized spacial score (nSPS) is 25.9. The van der Waals surface area contributed by atoms with Gasteiger partial charge in [0.1, 0.15) is 0 Å². The molecule has 1 aliphatic carbocycles. The predicted octanol–water partition coefficient (Wildman–Crippen LogP) is 2.99. The first kappa shape index (κ1) is 12.4. The zero-order valence-electron chi connectivity index (χ0n) is 9.48. The van der Waals surface area contributed by atoms with Crippen molar-refractivity contribution in [2.45, 2.75) is 44.6 Å². The van der Waals surface area contributed by atoms with Gasteiger partial charge in [-0.3, -0.25) is 4.68 Å². The van der Waals surface area contributed by atoms with Gasteiger partial charge in [-0.2, -0.15) is 5.10 Å². The average molecular weight is 334 g/mol. The van der Waals surface area contributed by atoms with Gasteiger partial charge in [-0.25, -0.2) is 0 Å². The average Bonchev–Trinajstić information content (AvgIpc) is 2.74. The topological polar surface area (TPSA) is 38.0 Å². The summed E-state index contributed by atoms with van der Waals surface area (Å²) in [5, 5.41) is 13.2. The van der Waals surface area contributed by atoms with Gasteiger partial charge in [-0.15, -0.1) is 0 Å². The maximum Gasteiger partial charge on any atom is 0.0623 e. The van der Waals surface area contributed by atoms with E-state index in [1.54, 1.807) is 0 Å². The first-order valence-electron chi connectivity index (χ1n) is 6.10. The van der Waals surface area contributed by atoms with Crippen LogP contribution in [0.4, 0.5) is 0 Å². The van der Waals surface area contributed by atoms with Crippen molar-refractivity contribution in [1.29, 1.82) is 0 Å². The molecule has 0 aromatic carbocycles. The molecule has 16 heavy (non-hydrogen) atoms. The SMILES string of the molecule is OCCCC1CCC(n2cc(I)cn2)CC1. The van der Waals surface area contributed by atoms with Crippen LogP contribution in [-0.2, 0) is 0 Å². The minimum atomic E-state index is 0.345. The molecule has 4 heteroatoms. The Bertz CT molecular complexity index is 319. The number of hydrogen-bond donors (Lipinski definition) is 1. The predicted molar refractivity (Wildman–Crippen MR) is 72.3 cm³/mol. The molecule has 1 aromatic rings. The third kappa shape index (κ3) is 3.20. The highest BCUT2D eigenvalue weighted by Crippen LogP contribution is 2.34. The molecule has 1 N–H and O–H groups in total. The van der Waals surface area contributed by atoms with E-state index in [0.29, 0.717) is 12.6 Å². The molecule has 90 valence electrons. The van der Waals surface area contributed by atoms with E-state index in [4.69, 9.17) is 5.11 Å². The molecule has 0 amide bonds. The highest BCUT2D eigenvalue weighted by atomic mass is 127. The molecule has 0 saturated heterocycles. The smallest absolute Gasteiger partial charge is 0.0623 e. The third-order valence-electron chi connectivity index (χ3n) is 3.53. The third-order valence-corrected chi connectivity index (χ3v) is 4.09. The van der Waals surface area contributed by atoms with Gasteiger partial charge in [0.15, 0.2) is 0 Å². The Morgan fingerprint density at radius 3 is 2.69 bits per heavy atom. The standard InChI is InChI=1S/C12H19IN2O/c13-11-8-14-15(9-11)12-5-3-10(4-6-12)2-1-7-16/h8-10,12,16H,1-7H2. The highest BCUT2D eigenvalue weighted by Gasteiger charge is 2.22. The minimum absolute atomic E-state index is 0.345. The Hall–Kier alpha value is -0.100. The molecule has 1 aliphatic rings. The van der Waals surface area contributed by atoms with E-state index in [1.165, 1.54) is 35.7 Å². The van der Waals surface area contributed by atoms with Crippen LogP contribution in [0.1, 0.15) is 44.6 Å². The molecule has 0 unspecified atom stereocenters. The van der Waals surface area contributed by atoms with Crippen molar-refractivity contribution in [3.05, 3.63) is 16.0 Å². The van der Waals surface area contributed by atoms with Crippen LogP contribution in [0.2, 0.25) is 0 Å². The largest absolute Gasteiger partial charge is 0.396 e. The van der Waals surface area contributed by atoms with Gasteiger partial charge in [0, 0.05) is 12.8 Å². The summed E-state index contributed by atoms with van der Waals surface area (Å²) in [4.78, 5) is 0. The Labute approximate surface area is 110 Å². The van der Waals surface area contributed by atoms with Crippen LogP contribution in [-0.4, -0.2) is 21.5 Å². The van der Waals surface area contributed by atoms with Crippen molar-refractivity contribution < 1.29 is 5.11 Å². The second kappa shape index (κ2) is 6.00. The number of aliphatic hydroxyl groups excluding tert-OH is 1. The summed E-state index contributed by atoms with van der Waals surface area (Å²) in [6, 6.07) is 0.605. The quantitative estimate of drug-likeness (QED) is 0.860. The molecule has 0 aliphatic heterocycles. The molecule has 1 heterocycles. The summed E-state index contributed by atoms with van der Waals surface area (Å²) < 4.78 is 3.35. The van der Waals surface area contributed by atoms with Gasteiger partial charge in [0.2, 0.25) is 0 Å². The van der Waals surface area contributed by atoms with Crippen molar-refractivity contribution in [2.24, 2.45) is 5.92 Å². The van der Waals surface area contributed by atoms with Crippen molar-refractivity contribution in [2.75, 3.05) is 6.61 Å².